The molecule has 7 heteroatoms. The molecule has 2 N–H and O–H groups in total. The SMILES string of the molecule is N#Cc1c(NC(=O)C2CC2c2ccccc2)sc2c1CCN(C(=O)CO)C2. The Morgan fingerprint density at radius 2 is 2.11 bits per heavy atom. The van der Waals surface area contributed by atoms with E-state index in [4.69, 9.17) is 5.11 Å². The maximum Gasteiger partial charge on any atom is 0.248 e. The molecule has 1 aromatic carbocycles. The predicted octanol–water partition coefficient (Wildman–Crippen LogP) is 2.24. The number of fused-ring (bicyclic) bond motifs is 1. The molecule has 0 spiro atoms. The number of aliphatic hydroxyl groups excluding tert-OH is 1. The van der Waals surface area contributed by atoms with Gasteiger partial charge in [0.05, 0.1) is 12.1 Å². The van der Waals surface area contributed by atoms with Crippen molar-refractivity contribution >= 4 is 28.2 Å². The maximum atomic E-state index is 12.6. The van der Waals surface area contributed by atoms with Crippen molar-refractivity contribution in [2.75, 3.05) is 18.5 Å². The molecule has 1 saturated carbocycles. The van der Waals surface area contributed by atoms with Gasteiger partial charge in [0.15, 0.2) is 0 Å². The number of aliphatic hydroxyl groups is 1. The molecule has 138 valence electrons. The molecule has 0 saturated heterocycles. The first kappa shape index (κ1) is 17.7. The minimum Gasteiger partial charge on any atom is -0.387 e. The zero-order valence-electron chi connectivity index (χ0n) is 14.6. The number of anilines is 1. The molecule has 1 aliphatic carbocycles. The van der Waals surface area contributed by atoms with Gasteiger partial charge < -0.3 is 15.3 Å². The summed E-state index contributed by atoms with van der Waals surface area (Å²) in [6.07, 6.45) is 1.38. The molecule has 0 radical (unpaired) electrons. The third kappa shape index (κ3) is 3.34. The van der Waals surface area contributed by atoms with E-state index in [2.05, 4.69) is 11.4 Å². The summed E-state index contributed by atoms with van der Waals surface area (Å²) in [4.78, 5) is 26.9. The molecule has 2 aliphatic rings. The molecule has 2 heterocycles. The van der Waals surface area contributed by atoms with Gasteiger partial charge in [0.2, 0.25) is 11.8 Å². The lowest BCUT2D eigenvalue weighted by atomic mass is 10.0. The number of hydrogen-bond acceptors (Lipinski definition) is 5. The van der Waals surface area contributed by atoms with E-state index in [0.717, 1.165) is 16.9 Å². The number of benzene rings is 1. The van der Waals surface area contributed by atoms with E-state index in [9.17, 15) is 14.9 Å². The number of carbonyl (C=O) groups excluding carboxylic acids is 2. The summed E-state index contributed by atoms with van der Waals surface area (Å²) < 4.78 is 0. The minimum absolute atomic E-state index is 0.0535. The average molecular weight is 381 g/mol. The first-order chi connectivity index (χ1) is 13.1. The number of carbonyl (C=O) groups is 2. The van der Waals surface area contributed by atoms with Crippen molar-refractivity contribution in [2.45, 2.75) is 25.3 Å². The van der Waals surface area contributed by atoms with Crippen molar-refractivity contribution in [1.29, 1.82) is 5.26 Å². The summed E-state index contributed by atoms with van der Waals surface area (Å²) in [5.41, 5.74) is 2.59. The highest BCUT2D eigenvalue weighted by Gasteiger charge is 2.44. The van der Waals surface area contributed by atoms with Crippen LogP contribution in [0.1, 0.15) is 33.9 Å². The van der Waals surface area contributed by atoms with Crippen molar-refractivity contribution in [2.24, 2.45) is 5.92 Å². The van der Waals surface area contributed by atoms with Crippen LogP contribution in [-0.2, 0) is 22.6 Å². The molecule has 2 aromatic rings. The number of nitrogens with zero attached hydrogens (tertiary/aromatic N) is 2. The van der Waals surface area contributed by atoms with E-state index in [0.29, 0.717) is 30.1 Å². The number of thiophene rings is 1. The Balaban J connectivity index is 1.49. The molecule has 2 atom stereocenters. The number of rotatable bonds is 4. The first-order valence-electron chi connectivity index (χ1n) is 8.91. The molecular weight excluding hydrogens is 362 g/mol. The minimum atomic E-state index is -0.516. The van der Waals surface area contributed by atoms with Gasteiger partial charge in [-0.25, -0.2) is 0 Å². The van der Waals surface area contributed by atoms with Crippen LogP contribution in [0.5, 0.6) is 0 Å². The van der Waals surface area contributed by atoms with Gasteiger partial charge in [-0.2, -0.15) is 5.26 Å². The van der Waals surface area contributed by atoms with Crippen LogP contribution in [0.3, 0.4) is 0 Å². The van der Waals surface area contributed by atoms with Crippen LogP contribution in [-0.4, -0.2) is 35.0 Å². The topological polar surface area (TPSA) is 93.4 Å². The van der Waals surface area contributed by atoms with Gasteiger partial charge in [-0.15, -0.1) is 11.3 Å². The van der Waals surface area contributed by atoms with E-state index in [1.54, 1.807) is 4.90 Å². The third-order valence-electron chi connectivity index (χ3n) is 5.25. The molecule has 2 amide bonds. The van der Waals surface area contributed by atoms with Gasteiger partial charge >= 0.3 is 0 Å². The van der Waals surface area contributed by atoms with Gasteiger partial charge in [0, 0.05) is 17.3 Å². The summed E-state index contributed by atoms with van der Waals surface area (Å²) in [7, 11) is 0. The smallest absolute Gasteiger partial charge is 0.248 e. The van der Waals surface area contributed by atoms with Crippen LogP contribution in [0.2, 0.25) is 0 Å². The lowest BCUT2D eigenvalue weighted by molar-refractivity contribution is -0.135. The van der Waals surface area contributed by atoms with E-state index < -0.39 is 6.61 Å². The third-order valence-corrected chi connectivity index (χ3v) is 6.38. The van der Waals surface area contributed by atoms with Crippen LogP contribution in [0.15, 0.2) is 30.3 Å². The standard InChI is InChI=1S/C20H19N3O3S/c21-9-16-13-6-7-23(18(25)11-24)10-17(13)27-20(16)22-19(26)15-8-14(15)12-4-2-1-3-5-12/h1-5,14-15,24H,6-8,10-11H2,(H,22,26). The zero-order chi connectivity index (χ0) is 19.0. The molecule has 27 heavy (non-hydrogen) atoms. The van der Waals surface area contributed by atoms with Gasteiger partial charge in [-0.3, -0.25) is 9.59 Å². The van der Waals surface area contributed by atoms with Crippen molar-refractivity contribution in [3.8, 4) is 6.07 Å². The van der Waals surface area contributed by atoms with Crippen LogP contribution >= 0.6 is 11.3 Å². The highest BCUT2D eigenvalue weighted by Crippen LogP contribution is 2.48. The largest absolute Gasteiger partial charge is 0.387 e. The zero-order valence-corrected chi connectivity index (χ0v) is 15.5. The highest BCUT2D eigenvalue weighted by atomic mass is 32.1. The summed E-state index contributed by atoms with van der Waals surface area (Å²) in [6, 6.07) is 12.2. The quantitative estimate of drug-likeness (QED) is 0.849. The van der Waals surface area contributed by atoms with Crippen LogP contribution in [0.4, 0.5) is 5.00 Å². The van der Waals surface area contributed by atoms with Crippen LogP contribution in [0, 0.1) is 17.2 Å². The number of nitrogens with one attached hydrogen (secondary N) is 1. The van der Waals surface area contributed by atoms with E-state index in [-0.39, 0.29) is 23.7 Å². The lowest BCUT2D eigenvalue weighted by Gasteiger charge is -2.26. The van der Waals surface area contributed by atoms with Crippen LogP contribution in [0.25, 0.3) is 0 Å². The molecule has 0 bridgehead atoms. The molecule has 2 unspecified atom stereocenters. The fourth-order valence-electron chi connectivity index (χ4n) is 3.68. The summed E-state index contributed by atoms with van der Waals surface area (Å²) in [5.74, 6) is -0.196. The molecule has 1 aromatic heterocycles. The molecule has 1 aliphatic heterocycles. The molecule has 1 fully saturated rings. The highest BCUT2D eigenvalue weighted by molar-refractivity contribution is 7.16. The summed E-state index contributed by atoms with van der Waals surface area (Å²) in [5, 5.41) is 22.1. The second-order valence-corrected chi connectivity index (χ2v) is 8.00. The second kappa shape index (κ2) is 7.14. The Morgan fingerprint density at radius 1 is 1.33 bits per heavy atom. The maximum absolute atomic E-state index is 12.6. The Kier molecular flexibility index (Phi) is 4.68. The predicted molar refractivity (Wildman–Crippen MR) is 101 cm³/mol. The lowest BCUT2D eigenvalue weighted by Crippen LogP contribution is -2.37. The average Bonchev–Trinajstić information content (AvgIpc) is 3.43. The molecule has 6 nitrogen and oxygen atoms in total. The van der Waals surface area contributed by atoms with Crippen molar-refractivity contribution in [3.63, 3.8) is 0 Å². The van der Waals surface area contributed by atoms with Crippen molar-refractivity contribution < 1.29 is 14.7 Å². The Bertz CT molecular complexity index is 932. The monoisotopic (exact) mass is 381 g/mol. The normalized spacial score (nSPS) is 20.5. The Morgan fingerprint density at radius 3 is 2.81 bits per heavy atom. The van der Waals surface area contributed by atoms with Gasteiger partial charge in [-0.05, 0) is 29.9 Å². The van der Waals surface area contributed by atoms with Gasteiger partial charge in [0.25, 0.3) is 0 Å². The van der Waals surface area contributed by atoms with E-state index in [1.807, 2.05) is 30.3 Å². The van der Waals surface area contributed by atoms with Crippen molar-refractivity contribution in [3.05, 3.63) is 51.9 Å². The Hall–Kier alpha value is -2.69. The first-order valence-corrected chi connectivity index (χ1v) is 9.73. The number of amides is 2. The molecular formula is C20H19N3O3S. The van der Waals surface area contributed by atoms with Gasteiger partial charge in [0.1, 0.15) is 17.7 Å². The second-order valence-electron chi connectivity index (χ2n) is 6.89. The van der Waals surface area contributed by atoms with Crippen molar-refractivity contribution in [1.82, 2.24) is 4.90 Å². The number of nitriles is 1. The fourth-order valence-corrected chi connectivity index (χ4v) is 4.90. The summed E-state index contributed by atoms with van der Waals surface area (Å²) >= 11 is 1.36. The number of hydrogen-bond donors (Lipinski definition) is 2. The Labute approximate surface area is 161 Å². The summed E-state index contributed by atoms with van der Waals surface area (Å²) in [6.45, 7) is 0.335. The van der Waals surface area contributed by atoms with Crippen LogP contribution < -0.4 is 5.32 Å². The fraction of sp³-hybridized carbons (Fsp3) is 0.350. The van der Waals surface area contributed by atoms with Gasteiger partial charge in [-0.1, -0.05) is 30.3 Å². The van der Waals surface area contributed by atoms with E-state index in [1.165, 1.54) is 16.9 Å². The van der Waals surface area contributed by atoms with E-state index >= 15 is 0 Å². The molecule has 4 rings (SSSR count).